The fourth-order valence-electron chi connectivity index (χ4n) is 1.70. The van der Waals surface area contributed by atoms with E-state index in [4.69, 9.17) is 16.3 Å². The molecule has 0 fully saturated rings. The molecule has 0 aliphatic carbocycles. The molecule has 0 spiro atoms. The SMILES string of the molecule is C[C@@H](Oc1c(F)c(F)cc(F)c1F)C(=O)Nc1cccc(Cl)c1. The predicted octanol–water partition coefficient (Wildman–Crippen LogP) is 4.30. The van der Waals surface area contributed by atoms with Crippen LogP contribution in [-0.4, -0.2) is 12.0 Å². The minimum absolute atomic E-state index is 0.0498. The molecule has 0 saturated carbocycles. The summed E-state index contributed by atoms with van der Waals surface area (Å²) >= 11 is 5.75. The van der Waals surface area contributed by atoms with Gasteiger partial charge in [-0.2, -0.15) is 8.78 Å². The van der Waals surface area contributed by atoms with Crippen molar-refractivity contribution in [1.29, 1.82) is 0 Å². The molecule has 122 valence electrons. The van der Waals surface area contributed by atoms with Crippen molar-refractivity contribution < 1.29 is 27.1 Å². The third-order valence-electron chi connectivity index (χ3n) is 2.83. The van der Waals surface area contributed by atoms with Gasteiger partial charge in [-0.15, -0.1) is 0 Å². The molecule has 0 saturated heterocycles. The molecule has 0 heterocycles. The van der Waals surface area contributed by atoms with Crippen LogP contribution in [0.25, 0.3) is 0 Å². The normalized spacial score (nSPS) is 11.9. The van der Waals surface area contributed by atoms with Crippen LogP contribution in [0.5, 0.6) is 5.75 Å². The Kier molecular flexibility index (Phi) is 5.10. The van der Waals surface area contributed by atoms with E-state index in [2.05, 4.69) is 5.32 Å². The van der Waals surface area contributed by atoms with E-state index in [-0.39, 0.29) is 6.07 Å². The van der Waals surface area contributed by atoms with Gasteiger partial charge in [0.15, 0.2) is 23.5 Å². The van der Waals surface area contributed by atoms with Crippen LogP contribution in [-0.2, 0) is 4.79 Å². The summed E-state index contributed by atoms with van der Waals surface area (Å²) < 4.78 is 57.9. The van der Waals surface area contributed by atoms with E-state index in [1.54, 1.807) is 12.1 Å². The molecule has 1 atom stereocenters. The first-order chi connectivity index (χ1) is 10.8. The van der Waals surface area contributed by atoms with Gasteiger partial charge in [-0.25, -0.2) is 8.78 Å². The van der Waals surface area contributed by atoms with Crippen LogP contribution in [0.3, 0.4) is 0 Å². The van der Waals surface area contributed by atoms with Gasteiger partial charge in [-0.05, 0) is 25.1 Å². The Hall–Kier alpha value is -2.28. The molecule has 2 aromatic carbocycles. The van der Waals surface area contributed by atoms with Crippen LogP contribution in [0.15, 0.2) is 30.3 Å². The zero-order valence-electron chi connectivity index (χ0n) is 11.7. The number of benzene rings is 2. The average Bonchev–Trinajstić information content (AvgIpc) is 2.49. The minimum atomic E-state index is -1.72. The van der Waals surface area contributed by atoms with Gasteiger partial charge in [0.25, 0.3) is 5.91 Å². The second-order valence-corrected chi connectivity index (χ2v) is 4.99. The number of carbonyl (C=O) groups is 1. The number of nitrogens with one attached hydrogen (secondary N) is 1. The predicted molar refractivity (Wildman–Crippen MR) is 76.4 cm³/mol. The molecule has 0 radical (unpaired) electrons. The molecule has 23 heavy (non-hydrogen) atoms. The molecule has 0 aliphatic heterocycles. The molecule has 3 nitrogen and oxygen atoms in total. The van der Waals surface area contributed by atoms with E-state index >= 15 is 0 Å². The van der Waals surface area contributed by atoms with Gasteiger partial charge >= 0.3 is 0 Å². The summed E-state index contributed by atoms with van der Waals surface area (Å²) in [4.78, 5) is 11.9. The van der Waals surface area contributed by atoms with Crippen LogP contribution in [0.4, 0.5) is 23.2 Å². The van der Waals surface area contributed by atoms with E-state index in [9.17, 15) is 22.4 Å². The lowest BCUT2D eigenvalue weighted by Crippen LogP contribution is -2.31. The van der Waals surface area contributed by atoms with Crippen molar-refractivity contribution in [3.05, 3.63) is 58.6 Å². The van der Waals surface area contributed by atoms with Gasteiger partial charge in [0.2, 0.25) is 11.6 Å². The molecule has 2 aromatic rings. The summed E-state index contributed by atoms with van der Waals surface area (Å²) in [5, 5.41) is 2.75. The molecular formula is C15H10ClF4NO2. The number of hydrogen-bond acceptors (Lipinski definition) is 2. The Balaban J connectivity index is 2.16. The van der Waals surface area contributed by atoms with E-state index < -0.39 is 41.0 Å². The first-order valence-electron chi connectivity index (χ1n) is 6.35. The number of hydrogen-bond donors (Lipinski definition) is 1. The van der Waals surface area contributed by atoms with Crippen LogP contribution in [0.1, 0.15) is 6.92 Å². The average molecular weight is 348 g/mol. The maximum absolute atomic E-state index is 13.5. The van der Waals surface area contributed by atoms with Gasteiger partial charge in [0.1, 0.15) is 0 Å². The molecule has 1 amide bonds. The Morgan fingerprint density at radius 1 is 1.13 bits per heavy atom. The molecule has 0 bridgehead atoms. The van der Waals surface area contributed by atoms with Crippen molar-refractivity contribution in [2.45, 2.75) is 13.0 Å². The molecule has 0 unspecified atom stereocenters. The van der Waals surface area contributed by atoms with E-state index in [1.807, 2.05) is 0 Å². The number of ether oxygens (including phenoxy) is 1. The van der Waals surface area contributed by atoms with Crippen LogP contribution in [0, 0.1) is 23.3 Å². The third-order valence-corrected chi connectivity index (χ3v) is 3.06. The highest BCUT2D eigenvalue weighted by Crippen LogP contribution is 2.27. The van der Waals surface area contributed by atoms with Gasteiger partial charge in [0.05, 0.1) is 0 Å². The number of rotatable bonds is 4. The van der Waals surface area contributed by atoms with Gasteiger partial charge in [0, 0.05) is 16.8 Å². The molecule has 8 heteroatoms. The van der Waals surface area contributed by atoms with E-state index in [0.717, 1.165) is 0 Å². The second-order valence-electron chi connectivity index (χ2n) is 4.56. The zero-order chi connectivity index (χ0) is 17.1. The Labute approximate surface area is 133 Å². The lowest BCUT2D eigenvalue weighted by atomic mass is 10.2. The molecule has 1 N–H and O–H groups in total. The van der Waals surface area contributed by atoms with Crippen LogP contribution in [0.2, 0.25) is 5.02 Å². The molecule has 2 rings (SSSR count). The first kappa shape index (κ1) is 17.1. The highest BCUT2D eigenvalue weighted by atomic mass is 35.5. The van der Waals surface area contributed by atoms with Gasteiger partial charge in [-0.3, -0.25) is 4.79 Å². The third kappa shape index (κ3) is 3.92. The Bertz CT molecular complexity index is 728. The second kappa shape index (κ2) is 6.87. The number of anilines is 1. The van der Waals surface area contributed by atoms with Crippen molar-refractivity contribution in [3.8, 4) is 5.75 Å². The summed E-state index contributed by atoms with van der Waals surface area (Å²) in [7, 11) is 0. The first-order valence-corrected chi connectivity index (χ1v) is 6.73. The minimum Gasteiger partial charge on any atom is -0.475 e. The molecule has 0 aromatic heterocycles. The highest BCUT2D eigenvalue weighted by molar-refractivity contribution is 6.30. The van der Waals surface area contributed by atoms with Crippen molar-refractivity contribution in [1.82, 2.24) is 0 Å². The van der Waals surface area contributed by atoms with E-state index in [1.165, 1.54) is 19.1 Å². The largest absolute Gasteiger partial charge is 0.475 e. The van der Waals surface area contributed by atoms with Crippen molar-refractivity contribution >= 4 is 23.2 Å². The summed E-state index contributed by atoms with van der Waals surface area (Å²) in [6, 6.07) is 6.17. The smallest absolute Gasteiger partial charge is 0.265 e. The number of amides is 1. The maximum Gasteiger partial charge on any atom is 0.265 e. The summed E-state index contributed by atoms with van der Waals surface area (Å²) in [5.74, 6) is -8.76. The highest BCUT2D eigenvalue weighted by Gasteiger charge is 2.25. The van der Waals surface area contributed by atoms with E-state index in [0.29, 0.717) is 10.7 Å². The number of carbonyl (C=O) groups excluding carboxylic acids is 1. The van der Waals surface area contributed by atoms with Gasteiger partial charge in [-0.1, -0.05) is 17.7 Å². The lowest BCUT2D eigenvalue weighted by Gasteiger charge is -2.16. The summed E-state index contributed by atoms with van der Waals surface area (Å²) in [6.07, 6.45) is -1.42. The van der Waals surface area contributed by atoms with Crippen molar-refractivity contribution in [3.63, 3.8) is 0 Å². The number of halogens is 5. The van der Waals surface area contributed by atoms with Crippen molar-refractivity contribution in [2.24, 2.45) is 0 Å². The van der Waals surface area contributed by atoms with Crippen LogP contribution >= 0.6 is 11.6 Å². The topological polar surface area (TPSA) is 38.3 Å². The summed E-state index contributed by atoms with van der Waals surface area (Å²) in [6.45, 7) is 1.17. The van der Waals surface area contributed by atoms with Gasteiger partial charge < -0.3 is 10.1 Å². The lowest BCUT2D eigenvalue weighted by molar-refractivity contribution is -0.122. The molecular weight excluding hydrogens is 338 g/mol. The maximum atomic E-state index is 13.5. The fraction of sp³-hybridized carbons (Fsp3) is 0.133. The Morgan fingerprint density at radius 3 is 2.30 bits per heavy atom. The fourth-order valence-corrected chi connectivity index (χ4v) is 1.89. The zero-order valence-corrected chi connectivity index (χ0v) is 12.4. The van der Waals surface area contributed by atoms with Crippen molar-refractivity contribution in [2.75, 3.05) is 5.32 Å². The Morgan fingerprint density at radius 2 is 1.74 bits per heavy atom. The molecule has 0 aliphatic rings. The summed E-state index contributed by atoms with van der Waals surface area (Å²) in [5.41, 5.74) is 0.323. The monoisotopic (exact) mass is 347 g/mol. The standard InChI is InChI=1S/C15H10ClF4NO2/c1-7(15(22)21-9-4-2-3-8(16)5-9)23-14-12(19)10(17)6-11(18)13(14)20/h2-7H,1H3,(H,21,22)/t7-/m1/s1. The van der Waals surface area contributed by atoms with Crippen LogP contribution < -0.4 is 10.1 Å². The quantitative estimate of drug-likeness (QED) is 0.661.